The molecule has 0 atom stereocenters. The molecule has 10 heteroatoms. The Balaban J connectivity index is 2.04. The van der Waals surface area contributed by atoms with Gasteiger partial charge in [-0.3, -0.25) is 34.2 Å². The molecular formula is C18H20N4O6. The average Bonchev–Trinajstić information content (AvgIpc) is 3.18. The predicted octanol–water partition coefficient (Wildman–Crippen LogP) is 2.26. The second-order valence-electron chi connectivity index (χ2n) is 6.93. The number of non-ortho nitro benzene ring substituents is 1. The van der Waals surface area contributed by atoms with Crippen LogP contribution >= 0.6 is 0 Å². The van der Waals surface area contributed by atoms with Crippen LogP contribution in [-0.2, 0) is 19.9 Å². The molecule has 0 saturated heterocycles. The largest absolute Gasteiger partial charge is 0.353 e. The lowest BCUT2D eigenvalue weighted by molar-refractivity contribution is -0.387. The molecule has 1 aromatic carbocycles. The first-order valence-electron chi connectivity index (χ1n) is 9.03. The van der Waals surface area contributed by atoms with Gasteiger partial charge in [0.25, 0.3) is 5.69 Å². The van der Waals surface area contributed by atoms with E-state index >= 15 is 0 Å². The van der Waals surface area contributed by atoms with Crippen molar-refractivity contribution in [3.05, 3.63) is 76.6 Å². The van der Waals surface area contributed by atoms with E-state index in [2.05, 4.69) is 0 Å². The summed E-state index contributed by atoms with van der Waals surface area (Å²) in [6.07, 6.45) is 3.76. The second kappa shape index (κ2) is 7.75. The maximum absolute atomic E-state index is 12.7. The van der Waals surface area contributed by atoms with Crippen molar-refractivity contribution >= 4 is 11.4 Å². The van der Waals surface area contributed by atoms with Gasteiger partial charge < -0.3 is 0 Å². The number of nitro groups is 2. The summed E-state index contributed by atoms with van der Waals surface area (Å²) in [5.41, 5.74) is -1.22. The topological polar surface area (TPSA) is 130 Å². The van der Waals surface area contributed by atoms with E-state index in [0.717, 1.165) is 35.8 Å². The number of aromatic nitrogens is 2. The van der Waals surface area contributed by atoms with Crippen molar-refractivity contribution in [2.24, 2.45) is 7.05 Å². The van der Waals surface area contributed by atoms with Gasteiger partial charge in [-0.2, -0.15) is 0 Å². The normalized spacial score (nSPS) is 14.3. The molecular weight excluding hydrogens is 368 g/mol. The fraction of sp³-hybridized carbons (Fsp3) is 0.444. The van der Waals surface area contributed by atoms with E-state index in [0.29, 0.717) is 6.42 Å². The minimum atomic E-state index is -0.914. The van der Waals surface area contributed by atoms with Crippen LogP contribution in [0.1, 0.15) is 43.0 Å². The first-order valence-corrected chi connectivity index (χ1v) is 9.03. The summed E-state index contributed by atoms with van der Waals surface area (Å²) in [5.74, 6) is 0. The first kappa shape index (κ1) is 19.5. The minimum Gasteiger partial charge on any atom is -0.288 e. The smallest absolute Gasteiger partial charge is 0.288 e. The van der Waals surface area contributed by atoms with Crippen molar-refractivity contribution in [2.45, 2.75) is 44.6 Å². The van der Waals surface area contributed by atoms with Crippen molar-refractivity contribution in [2.75, 3.05) is 0 Å². The van der Waals surface area contributed by atoms with Gasteiger partial charge in [0, 0.05) is 25.2 Å². The number of hydrogen-bond acceptors (Lipinski definition) is 6. The Labute approximate surface area is 159 Å². The van der Waals surface area contributed by atoms with E-state index in [4.69, 9.17) is 0 Å². The summed E-state index contributed by atoms with van der Waals surface area (Å²) in [6, 6.07) is 5.70. The van der Waals surface area contributed by atoms with Crippen molar-refractivity contribution in [1.82, 2.24) is 9.13 Å². The molecule has 0 spiro atoms. The molecule has 0 bridgehead atoms. The van der Waals surface area contributed by atoms with Gasteiger partial charge in [0.2, 0.25) is 0 Å². The molecule has 0 amide bonds. The molecule has 0 N–H and O–H groups in total. The minimum absolute atomic E-state index is 0.0498. The molecule has 1 fully saturated rings. The molecule has 3 rings (SSSR count). The maximum Gasteiger partial charge on any atom is 0.353 e. The number of hydrogen-bond donors (Lipinski definition) is 0. The van der Waals surface area contributed by atoms with E-state index < -0.39 is 26.8 Å². The van der Waals surface area contributed by atoms with Crippen LogP contribution in [0.5, 0.6) is 0 Å². The highest BCUT2D eigenvalue weighted by Crippen LogP contribution is 2.31. The molecule has 0 aliphatic heterocycles. The molecule has 0 radical (unpaired) electrons. The van der Waals surface area contributed by atoms with Crippen LogP contribution in [0.15, 0.2) is 33.9 Å². The summed E-state index contributed by atoms with van der Waals surface area (Å²) in [7, 11) is 1.25. The third kappa shape index (κ3) is 3.57. The zero-order valence-corrected chi connectivity index (χ0v) is 15.4. The van der Waals surface area contributed by atoms with Crippen LogP contribution in [0.2, 0.25) is 0 Å². The Morgan fingerprint density at radius 1 is 1.00 bits per heavy atom. The fourth-order valence-corrected chi connectivity index (χ4v) is 3.77. The van der Waals surface area contributed by atoms with Crippen molar-refractivity contribution in [3.63, 3.8) is 0 Å². The van der Waals surface area contributed by atoms with E-state index in [1.165, 1.54) is 23.7 Å². The summed E-state index contributed by atoms with van der Waals surface area (Å²) in [5, 5.41) is 22.4. The van der Waals surface area contributed by atoms with Gasteiger partial charge in [0.1, 0.15) is 5.69 Å². The van der Waals surface area contributed by atoms with E-state index in [1.54, 1.807) is 12.1 Å². The Morgan fingerprint density at radius 3 is 2.14 bits per heavy atom. The SMILES string of the molecule is Cn1c(=O)c([N+](=O)[O-])c(CCc2ccc([N+](=O)[O-])cc2)n(C2CCCC2)c1=O. The van der Waals surface area contributed by atoms with Crippen LogP contribution in [-0.4, -0.2) is 19.0 Å². The number of aryl methyl sites for hydroxylation is 1. The zero-order chi connectivity index (χ0) is 20.4. The van der Waals surface area contributed by atoms with Gasteiger partial charge in [-0.1, -0.05) is 25.0 Å². The molecule has 0 unspecified atom stereocenters. The standard InChI is InChI=1S/C18H20N4O6/c1-19-17(23)16(22(27)28)15(20(18(19)24)13-4-2-3-5-13)11-8-12-6-9-14(10-7-12)21(25)26/h6-7,9-10,13H,2-5,8,11H2,1H3. The average molecular weight is 388 g/mol. The van der Waals surface area contributed by atoms with Crippen LogP contribution < -0.4 is 11.2 Å². The number of nitrogens with zero attached hydrogens (tertiary/aromatic N) is 4. The molecule has 1 heterocycles. The second-order valence-corrected chi connectivity index (χ2v) is 6.93. The number of rotatable bonds is 6. The van der Waals surface area contributed by atoms with Gasteiger partial charge in [-0.15, -0.1) is 0 Å². The van der Waals surface area contributed by atoms with E-state index in [1.807, 2.05) is 0 Å². The first-order chi connectivity index (χ1) is 13.3. The fourth-order valence-electron chi connectivity index (χ4n) is 3.77. The zero-order valence-electron chi connectivity index (χ0n) is 15.4. The molecule has 28 heavy (non-hydrogen) atoms. The van der Waals surface area contributed by atoms with Crippen LogP contribution in [0.25, 0.3) is 0 Å². The predicted molar refractivity (Wildman–Crippen MR) is 101 cm³/mol. The highest BCUT2D eigenvalue weighted by molar-refractivity contribution is 5.36. The molecule has 148 valence electrons. The van der Waals surface area contributed by atoms with Gasteiger partial charge >= 0.3 is 16.9 Å². The molecule has 1 aliphatic carbocycles. The summed E-state index contributed by atoms with van der Waals surface area (Å²) < 4.78 is 2.21. The Kier molecular flexibility index (Phi) is 5.39. The van der Waals surface area contributed by atoms with Crippen LogP contribution in [0, 0.1) is 20.2 Å². The Hall–Kier alpha value is -3.30. The molecule has 1 aliphatic rings. The Morgan fingerprint density at radius 2 is 1.61 bits per heavy atom. The Bertz CT molecular complexity index is 1030. The lowest BCUT2D eigenvalue weighted by atomic mass is 10.1. The number of benzene rings is 1. The van der Waals surface area contributed by atoms with Gasteiger partial charge in [0.05, 0.1) is 9.85 Å². The van der Waals surface area contributed by atoms with Crippen LogP contribution in [0.4, 0.5) is 11.4 Å². The highest BCUT2D eigenvalue weighted by Gasteiger charge is 2.30. The van der Waals surface area contributed by atoms with Gasteiger partial charge in [-0.25, -0.2) is 4.79 Å². The van der Waals surface area contributed by atoms with Crippen molar-refractivity contribution in [1.29, 1.82) is 0 Å². The third-order valence-electron chi connectivity index (χ3n) is 5.23. The van der Waals surface area contributed by atoms with Gasteiger partial charge in [0.15, 0.2) is 0 Å². The highest BCUT2D eigenvalue weighted by atomic mass is 16.6. The lowest BCUT2D eigenvalue weighted by Gasteiger charge is -2.19. The van der Waals surface area contributed by atoms with Crippen molar-refractivity contribution in [3.8, 4) is 0 Å². The molecule has 2 aromatic rings. The summed E-state index contributed by atoms with van der Waals surface area (Å²) in [6.45, 7) is 0. The van der Waals surface area contributed by atoms with Crippen LogP contribution in [0.3, 0.4) is 0 Å². The van der Waals surface area contributed by atoms with Gasteiger partial charge in [-0.05, 0) is 31.2 Å². The lowest BCUT2D eigenvalue weighted by Crippen LogP contribution is -2.42. The van der Waals surface area contributed by atoms with E-state index in [9.17, 15) is 29.8 Å². The third-order valence-corrected chi connectivity index (χ3v) is 5.23. The molecule has 10 nitrogen and oxygen atoms in total. The van der Waals surface area contributed by atoms with Crippen molar-refractivity contribution < 1.29 is 9.85 Å². The monoisotopic (exact) mass is 388 g/mol. The molecule has 1 aromatic heterocycles. The maximum atomic E-state index is 12.7. The summed E-state index contributed by atoms with van der Waals surface area (Å²) in [4.78, 5) is 46.3. The molecule has 1 saturated carbocycles. The van der Waals surface area contributed by atoms with E-state index in [-0.39, 0.29) is 23.8 Å². The number of nitro benzene ring substituents is 1. The summed E-state index contributed by atoms with van der Waals surface area (Å²) >= 11 is 0. The quantitative estimate of drug-likeness (QED) is 0.551.